The smallest absolute Gasteiger partial charge is 0.322 e. The molecule has 2 aliphatic heterocycles. The first-order valence-electron chi connectivity index (χ1n) is 8.60. The maximum Gasteiger partial charge on any atom is 0.341 e. The summed E-state index contributed by atoms with van der Waals surface area (Å²) in [6, 6.07) is 18.1. The highest BCUT2D eigenvalue weighted by Crippen LogP contribution is 2.31. The molecule has 1 atom stereocenters. The molecule has 0 saturated carbocycles. The van der Waals surface area contributed by atoms with Gasteiger partial charge in [0.05, 0.1) is 6.04 Å². The summed E-state index contributed by atoms with van der Waals surface area (Å²) in [6.45, 7) is 1.55. The number of carbonyl (C=O) groups is 1. The molecule has 4 rings (SSSR count). The van der Waals surface area contributed by atoms with Crippen LogP contribution in [0.5, 0.6) is 0 Å². The standard InChI is InChI=1S/C20H20ClN3O/c21-18-8-4-5-15(12-18)11-16-13-23(14-16)20(25)24-19(9-10-22-24)17-6-2-1-3-7-17/h1-8,10,12,16,19H,9,11,13-14H2. The minimum atomic E-state index is 0.00458. The molecule has 1 unspecified atom stereocenters. The van der Waals surface area contributed by atoms with Gasteiger partial charge in [-0.15, -0.1) is 0 Å². The van der Waals surface area contributed by atoms with Gasteiger partial charge >= 0.3 is 6.03 Å². The van der Waals surface area contributed by atoms with Crippen molar-refractivity contribution in [3.8, 4) is 0 Å². The first-order chi connectivity index (χ1) is 12.2. The SMILES string of the molecule is O=C(N1CC(Cc2cccc(Cl)c2)C1)N1N=CCC1c1ccccc1. The Balaban J connectivity index is 1.36. The van der Waals surface area contributed by atoms with E-state index in [1.807, 2.05) is 47.5 Å². The lowest BCUT2D eigenvalue weighted by Gasteiger charge is -2.41. The molecule has 25 heavy (non-hydrogen) atoms. The van der Waals surface area contributed by atoms with Crippen LogP contribution in [0.15, 0.2) is 59.7 Å². The maximum atomic E-state index is 12.8. The molecule has 5 heteroatoms. The maximum absolute atomic E-state index is 12.8. The number of nitrogens with zero attached hydrogens (tertiary/aromatic N) is 3. The minimum absolute atomic E-state index is 0.00458. The van der Waals surface area contributed by atoms with Crippen molar-refractivity contribution in [2.75, 3.05) is 13.1 Å². The van der Waals surface area contributed by atoms with E-state index in [4.69, 9.17) is 11.6 Å². The molecule has 0 spiro atoms. The van der Waals surface area contributed by atoms with E-state index in [-0.39, 0.29) is 12.1 Å². The highest BCUT2D eigenvalue weighted by atomic mass is 35.5. The summed E-state index contributed by atoms with van der Waals surface area (Å²) in [5, 5.41) is 6.71. The van der Waals surface area contributed by atoms with Crippen molar-refractivity contribution >= 4 is 23.8 Å². The molecular formula is C20H20ClN3O. The second-order valence-corrected chi connectivity index (χ2v) is 7.13. The molecule has 0 N–H and O–H groups in total. The van der Waals surface area contributed by atoms with Crippen LogP contribution < -0.4 is 0 Å². The van der Waals surface area contributed by atoms with Crippen LogP contribution in [-0.4, -0.2) is 35.2 Å². The first-order valence-corrected chi connectivity index (χ1v) is 8.98. The largest absolute Gasteiger partial charge is 0.341 e. The lowest BCUT2D eigenvalue weighted by atomic mass is 9.92. The zero-order chi connectivity index (χ0) is 17.2. The average Bonchev–Trinajstić information content (AvgIpc) is 3.08. The summed E-state index contributed by atoms with van der Waals surface area (Å²) in [6.07, 6.45) is 3.56. The predicted octanol–water partition coefficient (Wildman–Crippen LogP) is 4.37. The van der Waals surface area contributed by atoms with Crippen LogP contribution in [-0.2, 0) is 6.42 Å². The van der Waals surface area contributed by atoms with E-state index < -0.39 is 0 Å². The normalized spacial score (nSPS) is 20.0. The Labute approximate surface area is 152 Å². The Bertz CT molecular complexity index is 787. The number of hydrogen-bond acceptors (Lipinski definition) is 2. The van der Waals surface area contributed by atoms with Crippen molar-refractivity contribution in [2.45, 2.75) is 18.9 Å². The van der Waals surface area contributed by atoms with Gasteiger partial charge in [-0.25, -0.2) is 9.80 Å². The fourth-order valence-corrected chi connectivity index (χ4v) is 3.76. The molecule has 4 nitrogen and oxygen atoms in total. The third-order valence-electron chi connectivity index (χ3n) is 4.85. The summed E-state index contributed by atoms with van der Waals surface area (Å²) in [4.78, 5) is 14.7. The van der Waals surface area contributed by atoms with Crippen molar-refractivity contribution < 1.29 is 4.79 Å². The Morgan fingerprint density at radius 3 is 2.68 bits per heavy atom. The molecule has 2 aliphatic rings. The van der Waals surface area contributed by atoms with Crippen LogP contribution in [0.25, 0.3) is 0 Å². The third kappa shape index (κ3) is 3.40. The third-order valence-corrected chi connectivity index (χ3v) is 5.09. The number of rotatable bonds is 3. The van der Waals surface area contributed by atoms with Crippen LogP contribution in [0.1, 0.15) is 23.6 Å². The second kappa shape index (κ2) is 6.89. The van der Waals surface area contributed by atoms with Crippen molar-refractivity contribution in [3.05, 3.63) is 70.7 Å². The summed E-state index contributed by atoms with van der Waals surface area (Å²) in [7, 11) is 0. The fourth-order valence-electron chi connectivity index (χ4n) is 3.55. The number of likely N-dealkylation sites (tertiary alicyclic amines) is 1. The van der Waals surface area contributed by atoms with Gasteiger partial charge in [-0.1, -0.05) is 54.1 Å². The van der Waals surface area contributed by atoms with Crippen LogP contribution >= 0.6 is 11.6 Å². The van der Waals surface area contributed by atoms with Gasteiger partial charge in [0.25, 0.3) is 0 Å². The topological polar surface area (TPSA) is 35.9 Å². The number of hydrazone groups is 1. The van der Waals surface area contributed by atoms with Crippen LogP contribution in [0.4, 0.5) is 4.79 Å². The van der Waals surface area contributed by atoms with Gasteiger partial charge in [-0.2, -0.15) is 5.10 Å². The molecule has 1 saturated heterocycles. The molecule has 0 aliphatic carbocycles. The number of carbonyl (C=O) groups excluding carboxylic acids is 1. The second-order valence-electron chi connectivity index (χ2n) is 6.69. The van der Waals surface area contributed by atoms with Gasteiger partial charge in [0, 0.05) is 30.7 Å². The Kier molecular flexibility index (Phi) is 4.45. The van der Waals surface area contributed by atoms with E-state index in [0.29, 0.717) is 5.92 Å². The predicted molar refractivity (Wildman–Crippen MR) is 99.7 cm³/mol. The first kappa shape index (κ1) is 16.2. The van der Waals surface area contributed by atoms with Crippen LogP contribution in [0.3, 0.4) is 0 Å². The molecule has 2 heterocycles. The van der Waals surface area contributed by atoms with E-state index in [0.717, 1.165) is 36.5 Å². The molecule has 128 valence electrons. The summed E-state index contributed by atoms with van der Waals surface area (Å²) < 4.78 is 0. The van der Waals surface area contributed by atoms with Crippen LogP contribution in [0.2, 0.25) is 5.02 Å². The summed E-state index contributed by atoms with van der Waals surface area (Å²) in [5.74, 6) is 0.490. The van der Waals surface area contributed by atoms with Gasteiger partial charge in [0.1, 0.15) is 0 Å². The molecule has 0 aromatic heterocycles. The lowest BCUT2D eigenvalue weighted by Crippen LogP contribution is -2.54. The van der Waals surface area contributed by atoms with E-state index in [9.17, 15) is 4.79 Å². The van der Waals surface area contributed by atoms with Gasteiger partial charge in [0.15, 0.2) is 0 Å². The Hall–Kier alpha value is -2.33. The van der Waals surface area contributed by atoms with Crippen molar-refractivity contribution in [3.63, 3.8) is 0 Å². The monoisotopic (exact) mass is 353 g/mol. The quantitative estimate of drug-likeness (QED) is 0.807. The molecule has 0 radical (unpaired) electrons. The summed E-state index contributed by atoms with van der Waals surface area (Å²) in [5.41, 5.74) is 2.36. The highest BCUT2D eigenvalue weighted by Gasteiger charge is 2.37. The Morgan fingerprint density at radius 2 is 1.92 bits per heavy atom. The number of amides is 2. The summed E-state index contributed by atoms with van der Waals surface area (Å²) >= 11 is 6.04. The van der Waals surface area contributed by atoms with E-state index in [1.54, 1.807) is 5.01 Å². The Morgan fingerprint density at radius 1 is 1.12 bits per heavy atom. The van der Waals surface area contributed by atoms with Gasteiger partial charge in [-0.05, 0) is 35.6 Å². The van der Waals surface area contributed by atoms with Gasteiger partial charge < -0.3 is 4.90 Å². The number of urea groups is 1. The molecule has 0 bridgehead atoms. The van der Waals surface area contributed by atoms with E-state index in [2.05, 4.69) is 23.3 Å². The van der Waals surface area contributed by atoms with Crippen molar-refractivity contribution in [2.24, 2.45) is 11.0 Å². The molecule has 2 aromatic rings. The fraction of sp³-hybridized carbons (Fsp3) is 0.300. The van der Waals surface area contributed by atoms with Crippen LogP contribution in [0, 0.1) is 5.92 Å². The molecule has 1 fully saturated rings. The number of benzene rings is 2. The van der Waals surface area contributed by atoms with Gasteiger partial charge in [0.2, 0.25) is 0 Å². The number of halogens is 1. The van der Waals surface area contributed by atoms with Crippen molar-refractivity contribution in [1.82, 2.24) is 9.91 Å². The van der Waals surface area contributed by atoms with Crippen molar-refractivity contribution in [1.29, 1.82) is 0 Å². The minimum Gasteiger partial charge on any atom is -0.322 e. The van der Waals surface area contributed by atoms with E-state index in [1.165, 1.54) is 5.56 Å². The van der Waals surface area contributed by atoms with E-state index >= 15 is 0 Å². The molecule has 2 amide bonds. The zero-order valence-electron chi connectivity index (χ0n) is 13.9. The average molecular weight is 354 g/mol. The highest BCUT2D eigenvalue weighted by molar-refractivity contribution is 6.30. The van der Waals surface area contributed by atoms with Gasteiger partial charge in [-0.3, -0.25) is 0 Å². The number of hydrogen-bond donors (Lipinski definition) is 0. The molecular weight excluding hydrogens is 334 g/mol. The zero-order valence-corrected chi connectivity index (χ0v) is 14.6. The molecule has 2 aromatic carbocycles. The lowest BCUT2D eigenvalue weighted by molar-refractivity contribution is 0.0835.